The first-order chi connectivity index (χ1) is 13.7. The molecule has 2 heterocycles. The molecule has 0 spiro atoms. The number of anilines is 1. The number of piperidine rings is 1. The van der Waals surface area contributed by atoms with Gasteiger partial charge in [-0.3, -0.25) is 0 Å². The second kappa shape index (κ2) is 8.22. The Bertz CT molecular complexity index is 859. The Morgan fingerprint density at radius 1 is 0.964 bits per heavy atom. The fourth-order valence-electron chi connectivity index (χ4n) is 4.40. The molecule has 2 aliphatic rings. The number of hydrogen-bond acceptors (Lipinski definition) is 2. The first-order valence-electron chi connectivity index (χ1n) is 10.5. The summed E-state index contributed by atoms with van der Waals surface area (Å²) in [5.74, 6) is 0.930. The van der Waals surface area contributed by atoms with Crippen molar-refractivity contribution in [3.8, 4) is 5.75 Å². The van der Waals surface area contributed by atoms with E-state index in [1.165, 1.54) is 49.3 Å². The second-order valence-electron chi connectivity index (χ2n) is 8.25. The van der Waals surface area contributed by atoms with E-state index in [0.29, 0.717) is 6.61 Å². The highest BCUT2D eigenvalue weighted by atomic mass is 16.5. The maximum atomic E-state index is 6.00. The predicted molar refractivity (Wildman–Crippen MR) is 117 cm³/mol. The topological polar surface area (TPSA) is 15.5 Å². The van der Waals surface area contributed by atoms with Gasteiger partial charge < -0.3 is 9.64 Å². The third-order valence-electron chi connectivity index (χ3n) is 5.96. The summed E-state index contributed by atoms with van der Waals surface area (Å²) in [4.78, 5) is 2.44. The lowest BCUT2D eigenvalue weighted by Crippen LogP contribution is -2.30. The Morgan fingerprint density at radius 2 is 1.68 bits per heavy atom. The van der Waals surface area contributed by atoms with E-state index >= 15 is 0 Å². The van der Waals surface area contributed by atoms with Crippen LogP contribution >= 0.6 is 0 Å². The van der Waals surface area contributed by atoms with Gasteiger partial charge >= 0.3 is 0 Å². The molecule has 2 aromatic carbocycles. The van der Waals surface area contributed by atoms with E-state index in [2.05, 4.69) is 59.9 Å². The lowest BCUT2D eigenvalue weighted by atomic mass is 9.84. The molecular formula is C25H31N2O+. The van der Waals surface area contributed by atoms with Crippen LogP contribution in [0.25, 0.3) is 0 Å². The van der Waals surface area contributed by atoms with E-state index < -0.39 is 0 Å². The molecule has 0 aliphatic carbocycles. The number of benzene rings is 2. The average Bonchev–Trinajstić information content (AvgIpc) is 2.95. The quantitative estimate of drug-likeness (QED) is 0.682. The Labute approximate surface area is 169 Å². The Hall–Kier alpha value is -2.55. The molecule has 4 rings (SSSR count). The molecule has 0 amide bonds. The van der Waals surface area contributed by atoms with Crippen molar-refractivity contribution in [3.05, 3.63) is 71.9 Å². The first-order valence-corrected chi connectivity index (χ1v) is 10.5. The van der Waals surface area contributed by atoms with E-state index in [0.717, 1.165) is 12.3 Å². The van der Waals surface area contributed by atoms with E-state index in [1.807, 2.05) is 30.3 Å². The molecule has 0 unspecified atom stereocenters. The fourth-order valence-corrected chi connectivity index (χ4v) is 4.40. The summed E-state index contributed by atoms with van der Waals surface area (Å²) < 4.78 is 8.47. The van der Waals surface area contributed by atoms with E-state index in [-0.39, 0.29) is 5.41 Å². The largest absolute Gasteiger partial charge is 0.492 e. The average molecular weight is 376 g/mol. The summed E-state index contributed by atoms with van der Waals surface area (Å²) in [5.41, 5.74) is 4.06. The standard InChI is InChI=1S/C25H31N2O/c1-25(2)22-13-7-8-14-23(22)27(19-20-28-21-11-5-3-6-12-21)24(25)15-18-26-16-9-4-10-17-26/h3,5-8,11-15,18H,4,9-10,16-17,19-20H2,1-2H3/q+1. The minimum absolute atomic E-state index is 0.00434. The summed E-state index contributed by atoms with van der Waals surface area (Å²) in [7, 11) is 0. The highest BCUT2D eigenvalue weighted by Gasteiger charge is 2.39. The second-order valence-corrected chi connectivity index (χ2v) is 8.25. The summed E-state index contributed by atoms with van der Waals surface area (Å²) in [6.07, 6.45) is 8.62. The van der Waals surface area contributed by atoms with Gasteiger partial charge in [0.05, 0.1) is 6.54 Å². The Balaban J connectivity index is 1.58. The Morgan fingerprint density at radius 3 is 2.46 bits per heavy atom. The molecule has 146 valence electrons. The van der Waals surface area contributed by atoms with Gasteiger partial charge in [-0.05, 0) is 30.2 Å². The third-order valence-corrected chi connectivity index (χ3v) is 5.96. The number of hydrogen-bond donors (Lipinski definition) is 0. The van der Waals surface area contributed by atoms with Gasteiger partial charge in [0.2, 0.25) is 0 Å². The minimum Gasteiger partial charge on any atom is -0.492 e. The van der Waals surface area contributed by atoms with Gasteiger partial charge in [0.15, 0.2) is 6.21 Å². The molecule has 0 atom stereocenters. The van der Waals surface area contributed by atoms with Crippen molar-refractivity contribution in [3.63, 3.8) is 0 Å². The van der Waals surface area contributed by atoms with E-state index in [1.54, 1.807) is 0 Å². The summed E-state index contributed by atoms with van der Waals surface area (Å²) >= 11 is 0. The van der Waals surface area contributed by atoms with Crippen LogP contribution < -0.4 is 9.64 Å². The Kier molecular flexibility index (Phi) is 5.52. The van der Waals surface area contributed by atoms with Crippen molar-refractivity contribution >= 4 is 11.9 Å². The molecular weight excluding hydrogens is 344 g/mol. The molecule has 3 heteroatoms. The lowest BCUT2D eigenvalue weighted by Gasteiger charge is -2.26. The van der Waals surface area contributed by atoms with Gasteiger partial charge in [-0.1, -0.05) is 50.2 Å². The summed E-state index contributed by atoms with van der Waals surface area (Å²) in [5, 5.41) is 0. The van der Waals surface area contributed by atoms with Crippen LogP contribution in [-0.4, -0.2) is 37.0 Å². The number of nitrogens with zero attached hydrogens (tertiary/aromatic N) is 2. The van der Waals surface area contributed by atoms with E-state index in [9.17, 15) is 0 Å². The number of rotatable bonds is 5. The highest BCUT2D eigenvalue weighted by molar-refractivity contribution is 5.77. The van der Waals surface area contributed by atoms with Gasteiger partial charge in [0.1, 0.15) is 25.4 Å². The van der Waals surface area contributed by atoms with Gasteiger partial charge in [-0.2, -0.15) is 0 Å². The highest BCUT2D eigenvalue weighted by Crippen LogP contribution is 2.47. The SMILES string of the molecule is CC1(C)C(=CC=[N+]2CCCCC2)N(CCOc2ccccc2)c2ccccc21. The van der Waals surface area contributed by atoms with Crippen LogP contribution in [0.2, 0.25) is 0 Å². The number of allylic oxidation sites excluding steroid dienone is 2. The van der Waals surface area contributed by atoms with Crippen LogP contribution in [0.1, 0.15) is 38.7 Å². The van der Waals surface area contributed by atoms with Gasteiger partial charge in [-0.15, -0.1) is 0 Å². The first kappa shape index (κ1) is 18.8. The zero-order valence-electron chi connectivity index (χ0n) is 17.1. The molecule has 0 saturated carbocycles. The van der Waals surface area contributed by atoms with Crippen molar-refractivity contribution in [1.29, 1.82) is 0 Å². The van der Waals surface area contributed by atoms with Crippen molar-refractivity contribution in [1.82, 2.24) is 0 Å². The molecule has 0 aromatic heterocycles. The van der Waals surface area contributed by atoms with Crippen LogP contribution in [0.15, 0.2) is 66.4 Å². The predicted octanol–water partition coefficient (Wildman–Crippen LogP) is 5.01. The van der Waals surface area contributed by atoms with Crippen LogP contribution in [0.3, 0.4) is 0 Å². The van der Waals surface area contributed by atoms with Crippen molar-refractivity contribution in [2.24, 2.45) is 0 Å². The van der Waals surface area contributed by atoms with Gasteiger partial charge in [0.25, 0.3) is 0 Å². The van der Waals surface area contributed by atoms with Gasteiger partial charge in [-0.25, -0.2) is 4.58 Å². The van der Waals surface area contributed by atoms with Crippen molar-refractivity contribution < 1.29 is 9.31 Å². The lowest BCUT2D eigenvalue weighted by molar-refractivity contribution is -0.532. The summed E-state index contributed by atoms with van der Waals surface area (Å²) in [6.45, 7) is 8.52. The molecule has 0 bridgehead atoms. The van der Waals surface area contributed by atoms with Gasteiger partial charge in [0, 0.05) is 35.7 Å². The molecule has 2 aromatic rings. The molecule has 0 radical (unpaired) electrons. The molecule has 3 nitrogen and oxygen atoms in total. The smallest absolute Gasteiger partial charge is 0.165 e. The molecule has 0 N–H and O–H groups in total. The molecule has 2 aliphatic heterocycles. The fraction of sp³-hybridized carbons (Fsp3) is 0.400. The zero-order valence-corrected chi connectivity index (χ0v) is 17.1. The molecule has 28 heavy (non-hydrogen) atoms. The minimum atomic E-state index is -0.00434. The number of ether oxygens (including phenoxy) is 1. The van der Waals surface area contributed by atoms with Crippen molar-refractivity contribution in [2.45, 2.75) is 38.5 Å². The van der Waals surface area contributed by atoms with Crippen LogP contribution in [-0.2, 0) is 5.41 Å². The normalized spacial score (nSPS) is 19.6. The van der Waals surface area contributed by atoms with Crippen LogP contribution in [0.5, 0.6) is 5.75 Å². The third kappa shape index (κ3) is 3.84. The van der Waals surface area contributed by atoms with E-state index in [4.69, 9.17) is 4.74 Å². The summed E-state index contributed by atoms with van der Waals surface area (Å²) in [6, 6.07) is 18.9. The zero-order chi connectivity index (χ0) is 19.4. The maximum absolute atomic E-state index is 6.00. The molecule has 1 saturated heterocycles. The number of para-hydroxylation sites is 2. The monoisotopic (exact) mass is 375 g/mol. The maximum Gasteiger partial charge on any atom is 0.165 e. The number of fused-ring (bicyclic) bond motifs is 1. The van der Waals surface area contributed by atoms with Crippen LogP contribution in [0, 0.1) is 0 Å². The van der Waals surface area contributed by atoms with Crippen molar-refractivity contribution in [2.75, 3.05) is 31.1 Å². The van der Waals surface area contributed by atoms with Crippen LogP contribution in [0.4, 0.5) is 5.69 Å². The molecule has 1 fully saturated rings.